The van der Waals surface area contributed by atoms with Crippen molar-refractivity contribution in [1.29, 1.82) is 0 Å². The number of anilines is 3. The molecule has 67 heavy (non-hydrogen) atoms. The van der Waals surface area contributed by atoms with Crippen LogP contribution in [0.4, 0.5) is 17.1 Å². The van der Waals surface area contributed by atoms with E-state index in [4.69, 9.17) is 4.42 Å². The molecule has 1 unspecified atom stereocenters. The van der Waals surface area contributed by atoms with Crippen molar-refractivity contribution in [2.45, 2.75) is 168 Å². The Kier molecular flexibility index (Phi) is 9.81. The van der Waals surface area contributed by atoms with Crippen LogP contribution in [0.3, 0.4) is 0 Å². The summed E-state index contributed by atoms with van der Waals surface area (Å²) in [5, 5.41) is 1.32. The number of nitrogens with zero attached hydrogens (tertiary/aromatic N) is 1. The van der Waals surface area contributed by atoms with Gasteiger partial charge in [0.2, 0.25) is 0 Å². The van der Waals surface area contributed by atoms with Crippen LogP contribution in [0.2, 0.25) is 0 Å². The topological polar surface area (TPSA) is 16.4 Å². The van der Waals surface area contributed by atoms with Crippen LogP contribution >= 0.6 is 0 Å². The average molecular weight is 882 g/mol. The number of benzene rings is 6. The van der Waals surface area contributed by atoms with Crippen molar-refractivity contribution in [2.24, 2.45) is 0 Å². The molecule has 0 amide bonds. The number of hydrogen-bond donors (Lipinski definition) is 0. The second kappa shape index (κ2) is 14.9. The van der Waals surface area contributed by atoms with Gasteiger partial charge in [-0.25, -0.2) is 0 Å². The number of furan rings is 1. The molecule has 0 bridgehead atoms. The molecule has 0 N–H and O–H groups in total. The molecule has 3 heterocycles. The first-order valence-electron chi connectivity index (χ1n) is 25.5. The average Bonchev–Trinajstić information content (AvgIpc) is 3.57. The van der Waals surface area contributed by atoms with Gasteiger partial charge < -0.3 is 9.32 Å². The third-order valence-electron chi connectivity index (χ3n) is 17.4. The Morgan fingerprint density at radius 3 is 1.78 bits per heavy atom. The predicted octanol–water partition coefficient (Wildman–Crippen LogP) is 15.2. The fraction of sp³-hybridized carbons (Fsp3) is 0.406. The minimum absolute atomic E-state index is 0.0380. The molecule has 2 aliphatic carbocycles. The predicted molar refractivity (Wildman–Crippen MR) is 288 cm³/mol. The fourth-order valence-corrected chi connectivity index (χ4v) is 13.0. The second-order valence-corrected chi connectivity index (χ2v) is 25.3. The first-order valence-corrected chi connectivity index (χ1v) is 25.5. The zero-order valence-corrected chi connectivity index (χ0v) is 43.1. The van der Waals surface area contributed by atoms with Gasteiger partial charge in [0.25, 0.3) is 6.71 Å². The Bertz CT molecular complexity index is 3150. The van der Waals surface area contributed by atoms with E-state index in [9.17, 15) is 0 Å². The summed E-state index contributed by atoms with van der Waals surface area (Å²) in [6.07, 6.45) is 6.58. The van der Waals surface area contributed by atoms with Crippen molar-refractivity contribution >= 4 is 51.3 Å². The van der Waals surface area contributed by atoms with Crippen LogP contribution in [-0.4, -0.2) is 6.71 Å². The third-order valence-corrected chi connectivity index (χ3v) is 17.4. The Morgan fingerprint density at radius 1 is 0.582 bits per heavy atom. The highest BCUT2D eigenvalue weighted by molar-refractivity contribution is 6.98. The van der Waals surface area contributed by atoms with Crippen molar-refractivity contribution < 1.29 is 4.42 Å². The van der Waals surface area contributed by atoms with Gasteiger partial charge in [-0.1, -0.05) is 155 Å². The zero-order chi connectivity index (χ0) is 47.3. The van der Waals surface area contributed by atoms with E-state index in [0.717, 1.165) is 30.5 Å². The van der Waals surface area contributed by atoms with E-state index in [-0.39, 0.29) is 39.7 Å². The quantitative estimate of drug-likeness (QED) is 0.164. The van der Waals surface area contributed by atoms with Crippen molar-refractivity contribution in [3.8, 4) is 11.1 Å². The van der Waals surface area contributed by atoms with Gasteiger partial charge in [0.1, 0.15) is 5.58 Å². The molecule has 0 fully saturated rings. The van der Waals surface area contributed by atoms with Gasteiger partial charge in [0.05, 0.1) is 11.3 Å². The molecule has 2 aliphatic heterocycles. The summed E-state index contributed by atoms with van der Waals surface area (Å²) in [7, 11) is 0. The highest BCUT2D eigenvalue weighted by atomic mass is 16.3. The van der Waals surface area contributed by atoms with Crippen LogP contribution in [-0.2, 0) is 39.9 Å². The number of aryl methyl sites for hydroxylation is 3. The molecule has 4 aliphatic rings. The van der Waals surface area contributed by atoms with E-state index >= 15 is 0 Å². The molecule has 1 atom stereocenters. The van der Waals surface area contributed by atoms with E-state index < -0.39 is 0 Å². The van der Waals surface area contributed by atoms with Crippen LogP contribution in [0.15, 0.2) is 108 Å². The van der Waals surface area contributed by atoms with Gasteiger partial charge in [0, 0.05) is 22.3 Å². The van der Waals surface area contributed by atoms with Gasteiger partial charge in [0.15, 0.2) is 0 Å². The molecular formula is C64H72BNO. The van der Waals surface area contributed by atoms with Gasteiger partial charge in [-0.15, -0.1) is 0 Å². The lowest BCUT2D eigenvalue weighted by atomic mass is 9.35. The molecule has 6 aromatic carbocycles. The van der Waals surface area contributed by atoms with Crippen molar-refractivity contribution in [3.63, 3.8) is 0 Å². The summed E-state index contributed by atoms with van der Waals surface area (Å²) in [6.45, 7) is 33.4. The highest BCUT2D eigenvalue weighted by Crippen LogP contribution is 2.52. The van der Waals surface area contributed by atoms with Crippen molar-refractivity contribution in [3.05, 3.63) is 164 Å². The van der Waals surface area contributed by atoms with E-state index in [1.54, 1.807) is 0 Å². The van der Waals surface area contributed by atoms with Gasteiger partial charge >= 0.3 is 0 Å². The molecule has 0 radical (unpaired) electrons. The summed E-state index contributed by atoms with van der Waals surface area (Å²) >= 11 is 0. The molecule has 2 nitrogen and oxygen atoms in total. The number of rotatable bonds is 4. The molecule has 0 spiro atoms. The minimum atomic E-state index is -0.0654. The molecule has 3 heteroatoms. The highest BCUT2D eigenvalue weighted by Gasteiger charge is 2.48. The summed E-state index contributed by atoms with van der Waals surface area (Å²) in [4.78, 5) is 2.69. The second-order valence-electron chi connectivity index (χ2n) is 25.3. The van der Waals surface area contributed by atoms with Crippen LogP contribution < -0.4 is 21.5 Å². The lowest BCUT2D eigenvalue weighted by molar-refractivity contribution is 0.332. The SMILES string of the molecule is Cc1ccc(-c2ccc(C)cc2N2c3cc4c(cc3B3c5oc6cc7c(cc6c5C(Cc5ccc(C(C)(C)C)cc5)Cc5cc(C)cc2c53)C(C)(C)CCC7(C)C)C(C)(C)CCC4(C)C)cc1. The van der Waals surface area contributed by atoms with E-state index in [0.29, 0.717) is 0 Å². The molecule has 11 rings (SSSR count). The summed E-state index contributed by atoms with van der Waals surface area (Å²) in [5.41, 5.74) is 27.1. The van der Waals surface area contributed by atoms with E-state index in [1.165, 1.54) is 125 Å². The van der Waals surface area contributed by atoms with Gasteiger partial charge in [-0.2, -0.15) is 0 Å². The summed E-state index contributed by atoms with van der Waals surface area (Å²) < 4.78 is 7.75. The molecule has 0 saturated carbocycles. The van der Waals surface area contributed by atoms with Crippen molar-refractivity contribution in [2.75, 3.05) is 4.90 Å². The first kappa shape index (κ1) is 44.2. The molecule has 0 saturated heterocycles. The number of hydrogen-bond acceptors (Lipinski definition) is 2. The van der Waals surface area contributed by atoms with Crippen LogP contribution in [0.1, 0.15) is 169 Å². The third kappa shape index (κ3) is 7.10. The first-order chi connectivity index (χ1) is 31.5. The molecule has 1 aromatic heterocycles. The Balaban J connectivity index is 1.25. The minimum Gasteiger partial charge on any atom is -0.470 e. The van der Waals surface area contributed by atoms with Crippen molar-refractivity contribution in [1.82, 2.24) is 0 Å². The molecule has 342 valence electrons. The van der Waals surface area contributed by atoms with E-state index in [1.807, 2.05) is 0 Å². The maximum atomic E-state index is 7.75. The Labute approximate surface area is 402 Å². The fourth-order valence-electron chi connectivity index (χ4n) is 13.0. The van der Waals surface area contributed by atoms with E-state index in [2.05, 4.69) is 205 Å². The zero-order valence-electron chi connectivity index (χ0n) is 43.1. The Hall–Kier alpha value is -5.28. The lowest BCUT2D eigenvalue weighted by Gasteiger charge is -2.45. The largest absolute Gasteiger partial charge is 0.470 e. The lowest BCUT2D eigenvalue weighted by Crippen LogP contribution is -2.58. The summed E-state index contributed by atoms with van der Waals surface area (Å²) in [5.74, 6) is 0.220. The monoisotopic (exact) mass is 882 g/mol. The van der Waals surface area contributed by atoms with Crippen LogP contribution in [0.5, 0.6) is 0 Å². The normalized spacial score (nSPS) is 19.5. The standard InChI is InChI=1S/C64H72BNO/c1-38-15-20-42(21-16-38)46-24-17-39(2)30-53(46)66-54-36-50-49(62(9,10)26-27-63(50,11)12)35-52(54)65-58-44(29-40(3)31-55(58)66)33-43(32-41-18-22-45(23-19-41)60(4,5)6)57-47-34-48-51(37-56(47)67-59(57)65)64(13,14)28-25-61(48,7)8/h15-24,29-31,34-37,43H,25-28,32-33H2,1-14H3. The summed E-state index contributed by atoms with van der Waals surface area (Å²) in [6, 6.07) is 41.3. The van der Waals surface area contributed by atoms with Crippen LogP contribution in [0.25, 0.3) is 22.1 Å². The molecular weight excluding hydrogens is 810 g/mol. The van der Waals surface area contributed by atoms with Crippen LogP contribution in [0, 0.1) is 20.8 Å². The Morgan fingerprint density at radius 2 is 1.15 bits per heavy atom. The smallest absolute Gasteiger partial charge is 0.292 e. The maximum Gasteiger partial charge on any atom is 0.292 e. The molecule has 7 aromatic rings. The maximum absolute atomic E-state index is 7.75. The van der Waals surface area contributed by atoms with Gasteiger partial charge in [-0.05, 0) is 195 Å². The van der Waals surface area contributed by atoms with Gasteiger partial charge in [-0.3, -0.25) is 0 Å². The number of fused-ring (bicyclic) bond motifs is 8.